The number of aromatic nitrogens is 2. The molecule has 0 radical (unpaired) electrons. The molecule has 7 heteroatoms. The number of anilines is 1. The Bertz CT molecular complexity index is 997. The fourth-order valence-corrected chi connectivity index (χ4v) is 2.35. The molecular formula is C18H13N3O4. The molecule has 4 aromatic rings. The minimum atomic E-state index is -0.225. The maximum absolute atomic E-state index is 12.2. The van der Waals surface area contributed by atoms with Crippen molar-refractivity contribution < 1.29 is 18.0 Å². The number of benzene rings is 1. The zero-order valence-corrected chi connectivity index (χ0v) is 13.2. The van der Waals surface area contributed by atoms with E-state index in [9.17, 15) is 4.79 Å². The second kappa shape index (κ2) is 6.12. The van der Waals surface area contributed by atoms with Crippen LogP contribution in [0.2, 0.25) is 0 Å². The lowest BCUT2D eigenvalue weighted by Crippen LogP contribution is -2.11. The van der Waals surface area contributed by atoms with E-state index in [1.54, 1.807) is 55.7 Å². The van der Waals surface area contributed by atoms with Crippen LogP contribution in [0.15, 0.2) is 68.2 Å². The first kappa shape index (κ1) is 14.9. The van der Waals surface area contributed by atoms with E-state index in [4.69, 9.17) is 13.3 Å². The molecule has 1 N–H and O–H groups in total. The smallest absolute Gasteiger partial charge is 0.283 e. The zero-order valence-electron chi connectivity index (χ0n) is 13.2. The standard InChI is InChI=1S/C18H13N3O4/c1-11-14(8-10-23-11)16(22)19-13-6-4-12(5-7-13)17-20-21-18(25-17)15-3-2-9-24-15/h2-10H,1H3,(H,19,22). The van der Waals surface area contributed by atoms with Gasteiger partial charge in [-0.2, -0.15) is 0 Å². The molecule has 0 unspecified atom stereocenters. The van der Waals surface area contributed by atoms with Crippen LogP contribution in [-0.2, 0) is 0 Å². The highest BCUT2D eigenvalue weighted by atomic mass is 16.4. The van der Waals surface area contributed by atoms with Crippen molar-refractivity contribution in [2.45, 2.75) is 6.92 Å². The van der Waals surface area contributed by atoms with Gasteiger partial charge in [0.25, 0.3) is 11.8 Å². The first-order valence-electron chi connectivity index (χ1n) is 7.54. The number of nitrogens with zero attached hydrogens (tertiary/aromatic N) is 2. The Labute approximate surface area is 142 Å². The van der Waals surface area contributed by atoms with Gasteiger partial charge >= 0.3 is 0 Å². The summed E-state index contributed by atoms with van der Waals surface area (Å²) in [7, 11) is 0. The molecule has 0 saturated carbocycles. The molecule has 7 nitrogen and oxygen atoms in total. The summed E-state index contributed by atoms with van der Waals surface area (Å²) >= 11 is 0. The van der Waals surface area contributed by atoms with E-state index in [0.29, 0.717) is 34.6 Å². The van der Waals surface area contributed by atoms with Crippen molar-refractivity contribution >= 4 is 11.6 Å². The van der Waals surface area contributed by atoms with Crippen LogP contribution in [-0.4, -0.2) is 16.1 Å². The van der Waals surface area contributed by atoms with Crippen LogP contribution >= 0.6 is 0 Å². The molecule has 3 heterocycles. The van der Waals surface area contributed by atoms with Crippen molar-refractivity contribution in [2.75, 3.05) is 5.32 Å². The van der Waals surface area contributed by atoms with Crippen LogP contribution in [0.4, 0.5) is 5.69 Å². The first-order chi connectivity index (χ1) is 12.2. The lowest BCUT2D eigenvalue weighted by molar-refractivity contribution is 0.102. The molecule has 1 amide bonds. The monoisotopic (exact) mass is 335 g/mol. The van der Waals surface area contributed by atoms with Gasteiger partial charge in [0.2, 0.25) is 5.89 Å². The third-order valence-electron chi connectivity index (χ3n) is 3.65. The van der Waals surface area contributed by atoms with Crippen LogP contribution in [0.3, 0.4) is 0 Å². The van der Waals surface area contributed by atoms with E-state index in [0.717, 1.165) is 5.56 Å². The van der Waals surface area contributed by atoms with Gasteiger partial charge in [-0.05, 0) is 49.4 Å². The molecule has 0 fully saturated rings. The number of hydrogen-bond acceptors (Lipinski definition) is 6. The molecule has 0 atom stereocenters. The molecule has 0 aliphatic heterocycles. The van der Waals surface area contributed by atoms with Crippen molar-refractivity contribution in [1.29, 1.82) is 0 Å². The van der Waals surface area contributed by atoms with Gasteiger partial charge in [0.1, 0.15) is 5.76 Å². The van der Waals surface area contributed by atoms with Crippen molar-refractivity contribution in [3.05, 3.63) is 66.3 Å². The lowest BCUT2D eigenvalue weighted by atomic mass is 10.2. The van der Waals surface area contributed by atoms with Crippen LogP contribution in [0.25, 0.3) is 23.1 Å². The predicted molar refractivity (Wildman–Crippen MR) is 88.8 cm³/mol. The third kappa shape index (κ3) is 2.94. The minimum Gasteiger partial charge on any atom is -0.469 e. The number of hydrogen-bond donors (Lipinski definition) is 1. The van der Waals surface area contributed by atoms with Crippen molar-refractivity contribution in [3.8, 4) is 23.1 Å². The summed E-state index contributed by atoms with van der Waals surface area (Å²) in [5.74, 6) is 1.54. The van der Waals surface area contributed by atoms with Crippen molar-refractivity contribution in [2.24, 2.45) is 0 Å². The Morgan fingerprint density at radius 3 is 2.44 bits per heavy atom. The summed E-state index contributed by atoms with van der Waals surface area (Å²) in [6.45, 7) is 1.74. The van der Waals surface area contributed by atoms with E-state index in [1.165, 1.54) is 6.26 Å². The largest absolute Gasteiger partial charge is 0.469 e. The Hall–Kier alpha value is -3.61. The SMILES string of the molecule is Cc1occc1C(=O)Nc1ccc(-c2nnc(-c3ccco3)o2)cc1. The number of furan rings is 2. The summed E-state index contributed by atoms with van der Waals surface area (Å²) in [6.07, 6.45) is 3.03. The van der Waals surface area contributed by atoms with Crippen molar-refractivity contribution in [1.82, 2.24) is 10.2 Å². The average Bonchev–Trinajstić information content (AvgIpc) is 3.36. The van der Waals surface area contributed by atoms with Crippen LogP contribution in [0.1, 0.15) is 16.1 Å². The van der Waals surface area contributed by atoms with Gasteiger partial charge < -0.3 is 18.6 Å². The molecule has 0 aliphatic carbocycles. The fraction of sp³-hybridized carbons (Fsp3) is 0.0556. The summed E-state index contributed by atoms with van der Waals surface area (Å²) in [4.78, 5) is 12.2. The second-order valence-corrected chi connectivity index (χ2v) is 5.31. The van der Waals surface area contributed by atoms with E-state index >= 15 is 0 Å². The topological polar surface area (TPSA) is 94.3 Å². The maximum Gasteiger partial charge on any atom is 0.283 e. The Morgan fingerprint density at radius 1 is 0.960 bits per heavy atom. The van der Waals surface area contributed by atoms with Gasteiger partial charge in [0, 0.05) is 11.3 Å². The van der Waals surface area contributed by atoms with Crippen LogP contribution in [0.5, 0.6) is 0 Å². The highest BCUT2D eigenvalue weighted by Crippen LogP contribution is 2.25. The molecule has 25 heavy (non-hydrogen) atoms. The number of carbonyl (C=O) groups is 1. The summed E-state index contributed by atoms with van der Waals surface area (Å²) < 4.78 is 16.0. The summed E-state index contributed by atoms with van der Waals surface area (Å²) in [6, 6.07) is 12.2. The molecule has 0 bridgehead atoms. The Morgan fingerprint density at radius 2 is 1.76 bits per heavy atom. The van der Waals surface area contributed by atoms with Gasteiger partial charge in [-0.25, -0.2) is 0 Å². The minimum absolute atomic E-state index is 0.225. The Balaban J connectivity index is 1.51. The van der Waals surface area contributed by atoms with E-state index in [2.05, 4.69) is 15.5 Å². The van der Waals surface area contributed by atoms with Crippen LogP contribution in [0, 0.1) is 6.92 Å². The predicted octanol–water partition coefficient (Wildman–Crippen LogP) is 4.15. The number of aryl methyl sites for hydroxylation is 1. The summed E-state index contributed by atoms with van der Waals surface area (Å²) in [5.41, 5.74) is 1.90. The summed E-state index contributed by atoms with van der Waals surface area (Å²) in [5, 5.41) is 10.8. The number of carbonyl (C=O) groups excluding carboxylic acids is 1. The highest BCUT2D eigenvalue weighted by molar-refractivity contribution is 6.04. The van der Waals surface area contributed by atoms with E-state index in [1.807, 2.05) is 0 Å². The van der Waals surface area contributed by atoms with Gasteiger partial charge in [-0.3, -0.25) is 4.79 Å². The van der Waals surface area contributed by atoms with E-state index in [-0.39, 0.29) is 5.91 Å². The van der Waals surface area contributed by atoms with Gasteiger partial charge in [-0.1, -0.05) is 0 Å². The molecule has 0 aliphatic rings. The molecule has 0 saturated heterocycles. The highest BCUT2D eigenvalue weighted by Gasteiger charge is 2.14. The fourth-order valence-electron chi connectivity index (χ4n) is 2.35. The third-order valence-corrected chi connectivity index (χ3v) is 3.65. The molecule has 0 spiro atoms. The van der Waals surface area contributed by atoms with Crippen molar-refractivity contribution in [3.63, 3.8) is 0 Å². The molecular weight excluding hydrogens is 322 g/mol. The lowest BCUT2D eigenvalue weighted by Gasteiger charge is -2.04. The molecule has 4 rings (SSSR count). The van der Waals surface area contributed by atoms with Gasteiger partial charge in [0.15, 0.2) is 5.76 Å². The molecule has 3 aromatic heterocycles. The maximum atomic E-state index is 12.2. The number of rotatable bonds is 4. The Kier molecular flexibility index (Phi) is 3.66. The molecule has 124 valence electrons. The normalized spacial score (nSPS) is 10.8. The quantitative estimate of drug-likeness (QED) is 0.602. The second-order valence-electron chi connectivity index (χ2n) is 5.31. The van der Waals surface area contributed by atoms with Gasteiger partial charge in [-0.15, -0.1) is 10.2 Å². The van der Waals surface area contributed by atoms with Crippen LogP contribution < -0.4 is 5.32 Å². The zero-order chi connectivity index (χ0) is 17.2. The average molecular weight is 335 g/mol. The van der Waals surface area contributed by atoms with Gasteiger partial charge in [0.05, 0.1) is 18.1 Å². The molecule has 1 aromatic carbocycles. The number of nitrogens with one attached hydrogen (secondary N) is 1. The van der Waals surface area contributed by atoms with E-state index < -0.39 is 0 Å². The first-order valence-corrected chi connectivity index (χ1v) is 7.54. The number of amides is 1.